The second kappa shape index (κ2) is 6.95. The third-order valence-electron chi connectivity index (χ3n) is 4.60. The van der Waals surface area contributed by atoms with E-state index in [0.717, 1.165) is 10.9 Å². The fourth-order valence-corrected chi connectivity index (χ4v) is 4.21. The van der Waals surface area contributed by atoms with Crippen LogP contribution in [0.5, 0.6) is 0 Å². The van der Waals surface area contributed by atoms with Crippen LogP contribution in [0.25, 0.3) is 10.8 Å². The largest absolute Gasteiger partial charge is 0.373 e. The van der Waals surface area contributed by atoms with Crippen LogP contribution < -0.4 is 10.9 Å². The number of nitrogens with zero attached hydrogens (tertiary/aromatic N) is 1. The molecule has 6 nitrogen and oxygen atoms in total. The smallest absolute Gasteiger partial charge is 0.322 e. The number of nitrogens with one attached hydrogen (secondary N) is 2. The summed E-state index contributed by atoms with van der Waals surface area (Å²) in [5.74, 6) is -0.554. The summed E-state index contributed by atoms with van der Waals surface area (Å²) in [5, 5.41) is 7.77. The lowest BCUT2D eigenvalue weighted by Crippen LogP contribution is -2.39. The van der Waals surface area contributed by atoms with Gasteiger partial charge in [0.2, 0.25) is 0 Å². The number of ether oxygens (including phenoxy) is 1. The SMILES string of the molecule is CN(C(=O)Nc1ccc(F)c(Cl)c1)[C@@H]1COCc2[nH]c(=O)c3cscc3c21. The first-order valence-corrected chi connectivity index (χ1v) is 9.45. The van der Waals surface area contributed by atoms with Crippen molar-refractivity contribution in [2.75, 3.05) is 19.0 Å². The van der Waals surface area contributed by atoms with Crippen molar-refractivity contribution in [2.24, 2.45) is 0 Å². The Bertz CT molecular complexity index is 1100. The minimum Gasteiger partial charge on any atom is -0.373 e. The molecule has 0 saturated heterocycles. The number of carbonyl (C=O) groups is 1. The number of benzene rings is 1. The average molecular weight is 408 g/mol. The van der Waals surface area contributed by atoms with Gasteiger partial charge in [-0.3, -0.25) is 4.79 Å². The van der Waals surface area contributed by atoms with Crippen LogP contribution in [0.2, 0.25) is 5.02 Å². The zero-order valence-electron chi connectivity index (χ0n) is 14.2. The Labute approximate surface area is 162 Å². The number of likely N-dealkylation sites (N-methyl/N-ethyl adjacent to an activating group) is 1. The molecule has 140 valence electrons. The molecule has 1 aromatic carbocycles. The van der Waals surface area contributed by atoms with Crippen molar-refractivity contribution in [1.82, 2.24) is 9.88 Å². The summed E-state index contributed by atoms with van der Waals surface area (Å²) in [4.78, 5) is 29.3. The van der Waals surface area contributed by atoms with Gasteiger partial charge in [-0.15, -0.1) is 0 Å². The summed E-state index contributed by atoms with van der Waals surface area (Å²) in [6, 6.07) is 3.21. The van der Waals surface area contributed by atoms with Crippen LogP contribution >= 0.6 is 22.9 Å². The van der Waals surface area contributed by atoms with E-state index in [9.17, 15) is 14.0 Å². The highest BCUT2D eigenvalue weighted by atomic mass is 35.5. The van der Waals surface area contributed by atoms with Crippen molar-refractivity contribution >= 4 is 45.4 Å². The summed E-state index contributed by atoms with van der Waals surface area (Å²) in [5.41, 5.74) is 1.78. The molecule has 0 saturated carbocycles. The van der Waals surface area contributed by atoms with Gasteiger partial charge in [0.05, 0.1) is 29.7 Å². The number of hydrogen-bond acceptors (Lipinski definition) is 4. The van der Waals surface area contributed by atoms with Gasteiger partial charge in [-0.1, -0.05) is 11.6 Å². The van der Waals surface area contributed by atoms with E-state index in [1.54, 1.807) is 12.4 Å². The highest BCUT2D eigenvalue weighted by Gasteiger charge is 2.30. The lowest BCUT2D eigenvalue weighted by molar-refractivity contribution is 0.0528. The Hall–Kier alpha value is -2.42. The minimum atomic E-state index is -0.554. The number of carbonyl (C=O) groups excluding carboxylic acids is 1. The molecule has 4 rings (SSSR count). The van der Waals surface area contributed by atoms with Gasteiger partial charge in [-0.25, -0.2) is 9.18 Å². The molecule has 3 aromatic rings. The summed E-state index contributed by atoms with van der Waals surface area (Å²) < 4.78 is 18.9. The topological polar surface area (TPSA) is 74.4 Å². The summed E-state index contributed by atoms with van der Waals surface area (Å²) in [7, 11) is 1.65. The Morgan fingerprint density at radius 3 is 2.96 bits per heavy atom. The molecule has 27 heavy (non-hydrogen) atoms. The maximum absolute atomic E-state index is 13.3. The molecule has 9 heteroatoms. The number of amides is 2. The maximum atomic E-state index is 13.3. The summed E-state index contributed by atoms with van der Waals surface area (Å²) >= 11 is 7.21. The lowest BCUT2D eigenvalue weighted by Gasteiger charge is -2.33. The number of pyridine rings is 1. The second-order valence-electron chi connectivity index (χ2n) is 6.25. The van der Waals surface area contributed by atoms with Gasteiger partial charge in [-0.05, 0) is 23.6 Å². The minimum absolute atomic E-state index is 0.0700. The Morgan fingerprint density at radius 1 is 1.41 bits per heavy atom. The number of hydrogen-bond donors (Lipinski definition) is 2. The van der Waals surface area contributed by atoms with E-state index in [1.165, 1.54) is 34.4 Å². The molecule has 2 amide bonds. The molecule has 0 aliphatic carbocycles. The quantitative estimate of drug-likeness (QED) is 0.671. The number of aromatic nitrogens is 1. The number of H-pyrrole nitrogens is 1. The van der Waals surface area contributed by atoms with Crippen LogP contribution in [0.4, 0.5) is 14.9 Å². The molecule has 2 aromatic heterocycles. The number of fused-ring (bicyclic) bond motifs is 3. The predicted octanol–water partition coefficient (Wildman–Crippen LogP) is 4.12. The van der Waals surface area contributed by atoms with Crippen molar-refractivity contribution in [3.8, 4) is 0 Å². The molecular formula is C18H15ClFN3O3S. The number of aromatic amines is 1. The third kappa shape index (κ3) is 3.20. The van der Waals surface area contributed by atoms with Gasteiger partial charge < -0.3 is 19.9 Å². The second-order valence-corrected chi connectivity index (χ2v) is 7.40. The molecular weight excluding hydrogens is 393 g/mol. The van der Waals surface area contributed by atoms with E-state index in [0.29, 0.717) is 23.4 Å². The van der Waals surface area contributed by atoms with Crippen LogP contribution in [0.3, 0.4) is 0 Å². The molecule has 3 heterocycles. The van der Waals surface area contributed by atoms with Crippen molar-refractivity contribution in [3.63, 3.8) is 0 Å². The monoisotopic (exact) mass is 407 g/mol. The zero-order valence-corrected chi connectivity index (χ0v) is 15.8. The van der Waals surface area contributed by atoms with Crippen molar-refractivity contribution in [1.29, 1.82) is 0 Å². The molecule has 2 N–H and O–H groups in total. The maximum Gasteiger partial charge on any atom is 0.322 e. The van der Waals surface area contributed by atoms with E-state index < -0.39 is 11.8 Å². The average Bonchev–Trinajstić information content (AvgIpc) is 3.14. The zero-order chi connectivity index (χ0) is 19.1. The fraction of sp³-hybridized carbons (Fsp3) is 0.222. The molecule has 1 aliphatic rings. The number of anilines is 1. The Balaban J connectivity index is 1.66. The van der Waals surface area contributed by atoms with E-state index in [2.05, 4.69) is 10.3 Å². The van der Waals surface area contributed by atoms with E-state index in [4.69, 9.17) is 16.3 Å². The van der Waals surface area contributed by atoms with Crippen LogP contribution in [0, 0.1) is 5.82 Å². The standard InChI is InChI=1S/C18H15ClFN3O3S/c1-23(18(25)21-9-2-3-13(20)12(19)4-9)15-6-26-5-14-16(15)10-7-27-8-11(10)17(24)22-14/h2-4,7-8,15H,5-6H2,1H3,(H,21,25)(H,22,24)/t15-/m1/s1. The molecule has 0 bridgehead atoms. The highest BCUT2D eigenvalue weighted by Crippen LogP contribution is 2.34. The van der Waals surface area contributed by atoms with E-state index >= 15 is 0 Å². The van der Waals surface area contributed by atoms with Crippen LogP contribution in [0.1, 0.15) is 17.3 Å². The number of thiophene rings is 1. The van der Waals surface area contributed by atoms with Crippen LogP contribution in [-0.4, -0.2) is 29.6 Å². The van der Waals surface area contributed by atoms with Gasteiger partial charge in [0, 0.05) is 34.8 Å². The lowest BCUT2D eigenvalue weighted by atomic mass is 9.98. The van der Waals surface area contributed by atoms with E-state index in [1.807, 2.05) is 5.38 Å². The third-order valence-corrected chi connectivity index (χ3v) is 5.63. The first-order valence-electron chi connectivity index (χ1n) is 8.13. The highest BCUT2D eigenvalue weighted by molar-refractivity contribution is 7.09. The van der Waals surface area contributed by atoms with Gasteiger partial charge >= 0.3 is 6.03 Å². The van der Waals surface area contributed by atoms with Gasteiger partial charge in [0.15, 0.2) is 0 Å². The van der Waals surface area contributed by atoms with Crippen molar-refractivity contribution < 1.29 is 13.9 Å². The predicted molar refractivity (Wildman–Crippen MR) is 103 cm³/mol. The first-order chi connectivity index (χ1) is 13.0. The summed E-state index contributed by atoms with van der Waals surface area (Å²) in [6.07, 6.45) is 0. The van der Waals surface area contributed by atoms with Crippen molar-refractivity contribution in [2.45, 2.75) is 12.6 Å². The van der Waals surface area contributed by atoms with Gasteiger partial charge in [-0.2, -0.15) is 11.3 Å². The molecule has 1 aliphatic heterocycles. The molecule has 0 unspecified atom stereocenters. The normalized spacial score (nSPS) is 16.2. The first kappa shape index (κ1) is 18.0. The molecule has 0 fully saturated rings. The number of rotatable bonds is 2. The Morgan fingerprint density at radius 2 is 2.19 bits per heavy atom. The van der Waals surface area contributed by atoms with Gasteiger partial charge in [0.25, 0.3) is 5.56 Å². The summed E-state index contributed by atoms with van der Waals surface area (Å²) in [6.45, 7) is 0.591. The number of halogens is 2. The van der Waals surface area contributed by atoms with Gasteiger partial charge in [0.1, 0.15) is 5.82 Å². The van der Waals surface area contributed by atoms with Crippen LogP contribution in [0.15, 0.2) is 33.8 Å². The Kier molecular flexibility index (Phi) is 4.63. The fourth-order valence-electron chi connectivity index (χ4n) is 3.20. The van der Waals surface area contributed by atoms with Crippen LogP contribution in [-0.2, 0) is 11.3 Å². The number of urea groups is 1. The van der Waals surface area contributed by atoms with Crippen molar-refractivity contribution in [3.05, 3.63) is 61.4 Å². The molecule has 0 radical (unpaired) electrons. The van der Waals surface area contributed by atoms with E-state index in [-0.39, 0.29) is 23.2 Å². The molecule has 1 atom stereocenters. The molecule has 0 spiro atoms.